The van der Waals surface area contributed by atoms with Crippen LogP contribution in [0, 0.1) is 23.2 Å². The molecule has 0 aliphatic heterocycles. The van der Waals surface area contributed by atoms with Gasteiger partial charge in [0.25, 0.3) is 0 Å². The van der Waals surface area contributed by atoms with Gasteiger partial charge in [-0.2, -0.15) is 0 Å². The van der Waals surface area contributed by atoms with Gasteiger partial charge in [-0.15, -0.1) is 11.3 Å². The third kappa shape index (κ3) is 1.66. The molecule has 1 N–H and O–H groups in total. The van der Waals surface area contributed by atoms with Crippen LogP contribution >= 0.6 is 11.3 Å². The van der Waals surface area contributed by atoms with E-state index in [4.69, 9.17) is 4.63 Å². The molecule has 2 aromatic heterocycles. The molecule has 7 rings (SSSR count). The zero-order valence-corrected chi connectivity index (χ0v) is 14.1. The molecule has 24 heavy (non-hydrogen) atoms. The number of rotatable bonds is 2. The van der Waals surface area contributed by atoms with Crippen LogP contribution in [-0.2, 0) is 17.6 Å². The molecule has 2 heterocycles. The Morgan fingerprint density at radius 1 is 1.12 bits per heavy atom. The first-order valence-electron chi connectivity index (χ1n) is 8.84. The number of hydrogen-bond donors (Lipinski definition) is 1. The summed E-state index contributed by atoms with van der Waals surface area (Å²) in [6.07, 6.45) is 7.75. The van der Waals surface area contributed by atoms with Crippen molar-refractivity contribution in [1.82, 2.24) is 15.3 Å². The SMILES string of the molecule is O=C(Nc1nc2c(s1)CCc1nonc1-2)C12CC3CC(CC1C3)C2. The normalized spacial score (nSPS) is 35.1. The lowest BCUT2D eigenvalue weighted by Crippen LogP contribution is -2.37. The average molecular weight is 342 g/mol. The maximum absolute atomic E-state index is 13.1. The van der Waals surface area contributed by atoms with E-state index in [2.05, 4.69) is 20.6 Å². The molecule has 0 aromatic carbocycles. The van der Waals surface area contributed by atoms with Crippen molar-refractivity contribution >= 4 is 22.4 Å². The fourth-order valence-corrected chi connectivity index (χ4v) is 6.89. The molecule has 5 aliphatic carbocycles. The molecule has 4 saturated carbocycles. The van der Waals surface area contributed by atoms with Gasteiger partial charge in [0.1, 0.15) is 11.4 Å². The van der Waals surface area contributed by atoms with E-state index in [0.717, 1.165) is 54.6 Å². The lowest BCUT2D eigenvalue weighted by molar-refractivity contribution is -0.127. The number of anilines is 1. The topological polar surface area (TPSA) is 80.9 Å². The molecule has 7 heteroatoms. The Balaban J connectivity index is 1.30. The van der Waals surface area contributed by atoms with Crippen LogP contribution in [0.5, 0.6) is 0 Å². The molecule has 2 aromatic rings. The van der Waals surface area contributed by atoms with E-state index >= 15 is 0 Å². The molecule has 2 unspecified atom stereocenters. The number of amides is 1. The number of fused-ring (bicyclic) bond motifs is 3. The lowest BCUT2D eigenvalue weighted by Gasteiger charge is -2.31. The van der Waals surface area contributed by atoms with Gasteiger partial charge in [0.05, 0.1) is 5.41 Å². The Bertz CT molecular complexity index is 843. The summed E-state index contributed by atoms with van der Waals surface area (Å²) in [5, 5.41) is 11.8. The predicted molar refractivity (Wildman–Crippen MR) is 87.4 cm³/mol. The second-order valence-electron chi connectivity index (χ2n) is 8.00. The maximum Gasteiger partial charge on any atom is 0.232 e. The van der Waals surface area contributed by atoms with Crippen LogP contribution in [0.4, 0.5) is 5.13 Å². The van der Waals surface area contributed by atoms with Crippen LogP contribution in [0.25, 0.3) is 11.4 Å². The van der Waals surface area contributed by atoms with Crippen molar-refractivity contribution in [2.75, 3.05) is 5.32 Å². The summed E-state index contributed by atoms with van der Waals surface area (Å²) >= 11 is 1.58. The van der Waals surface area contributed by atoms with Crippen LogP contribution < -0.4 is 5.32 Å². The second kappa shape index (κ2) is 4.45. The fraction of sp³-hybridized carbons (Fsp3) is 0.647. The van der Waals surface area contributed by atoms with Crippen LogP contribution in [0.1, 0.15) is 42.7 Å². The molecular formula is C17H18N4O2S. The van der Waals surface area contributed by atoms with E-state index < -0.39 is 0 Å². The number of carbonyl (C=O) groups is 1. The van der Waals surface area contributed by atoms with E-state index in [-0.39, 0.29) is 11.3 Å². The van der Waals surface area contributed by atoms with Gasteiger partial charge in [-0.25, -0.2) is 9.61 Å². The minimum absolute atomic E-state index is 0.111. The van der Waals surface area contributed by atoms with Crippen molar-refractivity contribution in [2.45, 2.75) is 44.9 Å². The minimum Gasteiger partial charge on any atom is -0.301 e. The molecule has 4 bridgehead atoms. The molecule has 5 aliphatic rings. The first-order valence-corrected chi connectivity index (χ1v) is 9.66. The molecule has 6 nitrogen and oxygen atoms in total. The van der Waals surface area contributed by atoms with Crippen LogP contribution in [0.2, 0.25) is 0 Å². The number of carbonyl (C=O) groups excluding carboxylic acids is 1. The van der Waals surface area contributed by atoms with Crippen molar-refractivity contribution in [1.29, 1.82) is 0 Å². The second-order valence-corrected chi connectivity index (χ2v) is 9.09. The van der Waals surface area contributed by atoms with Gasteiger partial charge in [0.15, 0.2) is 10.8 Å². The summed E-state index contributed by atoms with van der Waals surface area (Å²) in [6.45, 7) is 0. The van der Waals surface area contributed by atoms with Crippen molar-refractivity contribution in [2.24, 2.45) is 23.2 Å². The average Bonchev–Trinajstić information content (AvgIpc) is 3.27. The summed E-state index contributed by atoms with van der Waals surface area (Å²) in [7, 11) is 0. The standard InChI is InChI=1S/C17H18N4O2S/c22-15(17-6-8-3-9(7-17)5-10(17)4-8)19-16-18-14-12(24-16)2-1-11-13(14)21-23-20-11/h8-10H,1-7H2,(H,18,19,22). The molecule has 0 spiro atoms. The summed E-state index contributed by atoms with van der Waals surface area (Å²) in [4.78, 5) is 18.9. The van der Waals surface area contributed by atoms with Gasteiger partial charge >= 0.3 is 0 Å². The van der Waals surface area contributed by atoms with Crippen molar-refractivity contribution in [3.05, 3.63) is 10.6 Å². The predicted octanol–water partition coefficient (Wildman–Crippen LogP) is 3.06. The van der Waals surface area contributed by atoms with Crippen molar-refractivity contribution < 1.29 is 9.42 Å². The van der Waals surface area contributed by atoms with Crippen LogP contribution in [0.3, 0.4) is 0 Å². The third-order valence-electron chi connectivity index (χ3n) is 6.73. The summed E-state index contributed by atoms with van der Waals surface area (Å²) in [5.41, 5.74) is 2.34. The van der Waals surface area contributed by atoms with E-state index in [1.165, 1.54) is 24.1 Å². The highest BCUT2D eigenvalue weighted by atomic mass is 32.1. The molecular weight excluding hydrogens is 324 g/mol. The highest BCUT2D eigenvalue weighted by Gasteiger charge is 2.61. The van der Waals surface area contributed by atoms with E-state index in [1.54, 1.807) is 11.3 Å². The van der Waals surface area contributed by atoms with E-state index in [9.17, 15) is 4.79 Å². The number of nitrogens with zero attached hydrogens (tertiary/aromatic N) is 3. The van der Waals surface area contributed by atoms with Gasteiger partial charge in [-0.1, -0.05) is 5.16 Å². The first-order chi connectivity index (χ1) is 11.7. The summed E-state index contributed by atoms with van der Waals surface area (Å²) in [6, 6.07) is 0. The van der Waals surface area contributed by atoms with E-state index in [1.807, 2.05) is 0 Å². The number of aromatic nitrogens is 3. The Morgan fingerprint density at radius 2 is 1.96 bits per heavy atom. The smallest absolute Gasteiger partial charge is 0.232 e. The number of thiazole rings is 1. The van der Waals surface area contributed by atoms with Crippen LogP contribution in [0.15, 0.2) is 4.63 Å². The molecule has 124 valence electrons. The Morgan fingerprint density at radius 3 is 2.79 bits per heavy atom. The fourth-order valence-electron chi connectivity index (χ4n) is 5.93. The number of aryl methyl sites for hydroxylation is 2. The zero-order valence-electron chi connectivity index (χ0n) is 13.2. The van der Waals surface area contributed by atoms with Gasteiger partial charge in [-0.05, 0) is 61.4 Å². The Kier molecular flexibility index (Phi) is 2.50. The third-order valence-corrected chi connectivity index (χ3v) is 7.76. The number of nitrogens with one attached hydrogen (secondary N) is 1. The molecule has 2 atom stereocenters. The highest BCUT2D eigenvalue weighted by Crippen LogP contribution is 2.65. The van der Waals surface area contributed by atoms with Gasteiger partial charge < -0.3 is 5.32 Å². The monoisotopic (exact) mass is 342 g/mol. The number of hydrogen-bond acceptors (Lipinski definition) is 6. The summed E-state index contributed by atoms with van der Waals surface area (Å²) < 4.78 is 4.85. The van der Waals surface area contributed by atoms with Crippen molar-refractivity contribution in [3.63, 3.8) is 0 Å². The van der Waals surface area contributed by atoms with Crippen LogP contribution in [-0.4, -0.2) is 21.2 Å². The quantitative estimate of drug-likeness (QED) is 0.907. The maximum atomic E-state index is 13.1. The Labute approximate surface area is 143 Å². The summed E-state index contributed by atoms with van der Waals surface area (Å²) in [5.74, 6) is 2.37. The highest BCUT2D eigenvalue weighted by molar-refractivity contribution is 7.16. The molecule has 1 amide bonds. The lowest BCUT2D eigenvalue weighted by atomic mass is 9.75. The first kappa shape index (κ1) is 13.5. The van der Waals surface area contributed by atoms with Gasteiger partial charge in [-0.3, -0.25) is 4.79 Å². The Hall–Kier alpha value is -1.76. The molecule has 0 radical (unpaired) electrons. The van der Waals surface area contributed by atoms with E-state index in [0.29, 0.717) is 11.0 Å². The van der Waals surface area contributed by atoms with Gasteiger partial charge in [0, 0.05) is 11.3 Å². The minimum atomic E-state index is -0.111. The van der Waals surface area contributed by atoms with Gasteiger partial charge in [0.2, 0.25) is 5.91 Å². The van der Waals surface area contributed by atoms with Crippen molar-refractivity contribution in [3.8, 4) is 11.4 Å². The molecule has 4 fully saturated rings. The molecule has 0 saturated heterocycles. The zero-order chi connectivity index (χ0) is 15.9. The largest absolute Gasteiger partial charge is 0.301 e.